The van der Waals surface area contributed by atoms with E-state index in [1.165, 1.54) is 0 Å². The Kier molecular flexibility index (Phi) is 9.24. The average molecular weight is 553 g/mol. The standard InChI is InChI=1S/C34H28N6S/c35-21-31(22-36)32-33(39(23-27-13-5-1-6-14-27)24-28-15-7-2-8-16-28)37-41-38-34(32)40(25-29-17-9-3-10-18-29)26-30-19-11-4-12-20-30/h1-20H,23-26H2. The van der Waals surface area contributed by atoms with Crippen LogP contribution in [0.25, 0.3) is 0 Å². The predicted molar refractivity (Wildman–Crippen MR) is 165 cm³/mol. The molecule has 1 aliphatic heterocycles. The SMILES string of the molecule is N#CC(C#N)=C1C(N(Cc2ccccc2)Cc2ccccc2)=NSN=C1N(Cc1ccccc1)Cc1ccccc1. The summed E-state index contributed by atoms with van der Waals surface area (Å²) >= 11 is 1.09. The molecule has 5 rings (SSSR count). The van der Waals surface area contributed by atoms with E-state index in [4.69, 9.17) is 8.80 Å². The number of amidine groups is 2. The molecule has 0 N–H and O–H groups in total. The normalized spacial score (nSPS) is 12.4. The molecular formula is C34H28N6S. The average Bonchev–Trinajstić information content (AvgIpc) is 3.03. The van der Waals surface area contributed by atoms with Crippen molar-refractivity contribution in [2.45, 2.75) is 26.2 Å². The van der Waals surface area contributed by atoms with Crippen molar-refractivity contribution in [2.75, 3.05) is 0 Å². The van der Waals surface area contributed by atoms with Crippen LogP contribution in [0.15, 0.2) is 141 Å². The van der Waals surface area contributed by atoms with Crippen LogP contribution in [0.2, 0.25) is 0 Å². The highest BCUT2D eigenvalue weighted by Gasteiger charge is 2.31. The van der Waals surface area contributed by atoms with Gasteiger partial charge in [-0.1, -0.05) is 121 Å². The number of hydrogen-bond acceptors (Lipinski definition) is 7. The Morgan fingerprint density at radius 1 is 0.512 bits per heavy atom. The van der Waals surface area contributed by atoms with Gasteiger partial charge in [0, 0.05) is 26.2 Å². The summed E-state index contributed by atoms with van der Waals surface area (Å²) in [6.07, 6.45) is 0. The predicted octanol–water partition coefficient (Wildman–Crippen LogP) is 7.11. The molecule has 0 atom stereocenters. The van der Waals surface area contributed by atoms with Crippen LogP contribution in [0.1, 0.15) is 22.3 Å². The zero-order chi connectivity index (χ0) is 28.3. The highest BCUT2D eigenvalue weighted by molar-refractivity contribution is 7.97. The van der Waals surface area contributed by atoms with Gasteiger partial charge < -0.3 is 9.80 Å². The van der Waals surface area contributed by atoms with Crippen LogP contribution in [0.4, 0.5) is 0 Å². The topological polar surface area (TPSA) is 78.8 Å². The third-order valence-corrected chi connectivity index (χ3v) is 7.15. The Balaban J connectivity index is 1.58. The van der Waals surface area contributed by atoms with Crippen LogP contribution < -0.4 is 0 Å². The maximum Gasteiger partial charge on any atom is 0.152 e. The second kappa shape index (κ2) is 13.8. The van der Waals surface area contributed by atoms with E-state index in [-0.39, 0.29) is 5.57 Å². The van der Waals surface area contributed by atoms with E-state index in [2.05, 4.69) is 70.5 Å². The number of benzene rings is 4. The molecule has 7 heteroatoms. The van der Waals surface area contributed by atoms with Gasteiger partial charge in [0.15, 0.2) is 11.7 Å². The van der Waals surface area contributed by atoms with Crippen molar-refractivity contribution >= 4 is 23.8 Å². The van der Waals surface area contributed by atoms with E-state index >= 15 is 0 Å². The Labute approximate surface area is 245 Å². The van der Waals surface area contributed by atoms with E-state index < -0.39 is 0 Å². The fourth-order valence-corrected chi connectivity index (χ4v) is 5.32. The van der Waals surface area contributed by atoms with Crippen LogP contribution in [0, 0.1) is 22.7 Å². The first-order valence-electron chi connectivity index (χ1n) is 13.3. The molecule has 1 aliphatic rings. The summed E-state index contributed by atoms with van der Waals surface area (Å²) in [5, 5.41) is 20.3. The summed E-state index contributed by atoms with van der Waals surface area (Å²) in [6, 6.07) is 44.9. The summed E-state index contributed by atoms with van der Waals surface area (Å²) in [5.74, 6) is 1.13. The molecule has 0 saturated heterocycles. The van der Waals surface area contributed by atoms with Crippen molar-refractivity contribution in [3.05, 3.63) is 155 Å². The van der Waals surface area contributed by atoms with Crippen LogP contribution in [-0.2, 0) is 26.2 Å². The van der Waals surface area contributed by atoms with E-state index in [9.17, 15) is 10.5 Å². The second-order valence-corrected chi connectivity index (χ2v) is 10.1. The van der Waals surface area contributed by atoms with Crippen molar-refractivity contribution in [1.82, 2.24) is 9.80 Å². The molecule has 0 unspecified atom stereocenters. The first-order chi connectivity index (χ1) is 20.2. The summed E-state index contributed by atoms with van der Waals surface area (Å²) in [7, 11) is 0. The third kappa shape index (κ3) is 7.10. The van der Waals surface area contributed by atoms with Crippen LogP contribution in [0.3, 0.4) is 0 Å². The van der Waals surface area contributed by atoms with Gasteiger partial charge in [-0.25, -0.2) is 0 Å². The Morgan fingerprint density at radius 3 is 1.07 bits per heavy atom. The highest BCUT2D eigenvalue weighted by atomic mass is 32.2. The quantitative estimate of drug-likeness (QED) is 0.172. The van der Waals surface area contributed by atoms with E-state index in [1.807, 2.05) is 72.8 Å². The van der Waals surface area contributed by atoms with Gasteiger partial charge in [-0.15, -0.1) is 0 Å². The van der Waals surface area contributed by atoms with Gasteiger partial charge in [0.2, 0.25) is 0 Å². The highest BCUT2D eigenvalue weighted by Crippen LogP contribution is 2.29. The summed E-state index contributed by atoms with van der Waals surface area (Å²) in [5.41, 5.74) is 4.83. The summed E-state index contributed by atoms with van der Waals surface area (Å²) in [6.45, 7) is 2.20. The molecule has 0 fully saturated rings. The smallest absolute Gasteiger partial charge is 0.152 e. The number of allylic oxidation sites excluding steroid dienone is 1. The fraction of sp³-hybridized carbons (Fsp3) is 0.118. The minimum absolute atomic E-state index is 0.0138. The minimum Gasteiger partial charge on any atom is -0.347 e. The maximum atomic E-state index is 10.2. The molecule has 0 bridgehead atoms. The lowest BCUT2D eigenvalue weighted by atomic mass is 10.0. The molecule has 0 spiro atoms. The lowest BCUT2D eigenvalue weighted by Gasteiger charge is -2.34. The third-order valence-electron chi connectivity index (χ3n) is 6.64. The molecule has 0 aliphatic carbocycles. The van der Waals surface area contributed by atoms with Gasteiger partial charge in [-0.2, -0.15) is 19.3 Å². The van der Waals surface area contributed by atoms with E-state index in [0.717, 1.165) is 34.4 Å². The molecule has 6 nitrogen and oxygen atoms in total. The number of nitrogens with zero attached hydrogens (tertiary/aromatic N) is 6. The molecular weight excluding hydrogens is 524 g/mol. The lowest BCUT2D eigenvalue weighted by Crippen LogP contribution is -2.41. The Hall–Kier alpha value is -5.11. The zero-order valence-electron chi connectivity index (χ0n) is 22.5. The molecule has 4 aromatic carbocycles. The molecule has 4 aromatic rings. The molecule has 1 heterocycles. The van der Waals surface area contributed by atoms with Gasteiger partial charge in [-0.05, 0) is 22.3 Å². The van der Waals surface area contributed by atoms with Crippen LogP contribution in [0.5, 0.6) is 0 Å². The first kappa shape index (κ1) is 27.5. The summed E-state index contributed by atoms with van der Waals surface area (Å²) < 4.78 is 9.50. The second-order valence-electron chi connectivity index (χ2n) is 9.54. The van der Waals surface area contributed by atoms with Gasteiger partial charge in [0.25, 0.3) is 0 Å². The molecule has 200 valence electrons. The van der Waals surface area contributed by atoms with Gasteiger partial charge in [0.1, 0.15) is 29.8 Å². The lowest BCUT2D eigenvalue weighted by molar-refractivity contribution is 0.396. The van der Waals surface area contributed by atoms with Crippen molar-refractivity contribution < 1.29 is 0 Å². The van der Waals surface area contributed by atoms with Gasteiger partial charge >= 0.3 is 0 Å². The first-order valence-corrected chi connectivity index (χ1v) is 14.0. The largest absolute Gasteiger partial charge is 0.347 e. The maximum absolute atomic E-state index is 10.2. The number of rotatable bonds is 8. The minimum atomic E-state index is -0.0138. The fourth-order valence-electron chi connectivity index (χ4n) is 4.71. The Morgan fingerprint density at radius 2 is 0.805 bits per heavy atom. The zero-order valence-corrected chi connectivity index (χ0v) is 23.3. The Bertz CT molecular complexity index is 1420. The molecule has 0 radical (unpaired) electrons. The number of nitriles is 2. The van der Waals surface area contributed by atoms with Crippen molar-refractivity contribution in [3.8, 4) is 12.1 Å². The molecule has 0 amide bonds. The molecule has 41 heavy (non-hydrogen) atoms. The van der Waals surface area contributed by atoms with Crippen LogP contribution >= 0.6 is 12.1 Å². The van der Waals surface area contributed by atoms with E-state index in [1.54, 1.807) is 0 Å². The van der Waals surface area contributed by atoms with Gasteiger partial charge in [-0.3, -0.25) is 0 Å². The molecule has 0 aromatic heterocycles. The molecule has 0 saturated carbocycles. The van der Waals surface area contributed by atoms with Crippen molar-refractivity contribution in [3.63, 3.8) is 0 Å². The van der Waals surface area contributed by atoms with E-state index in [0.29, 0.717) is 43.4 Å². The van der Waals surface area contributed by atoms with Crippen molar-refractivity contribution in [1.29, 1.82) is 10.5 Å². The van der Waals surface area contributed by atoms with Crippen molar-refractivity contribution in [2.24, 2.45) is 8.80 Å². The monoisotopic (exact) mass is 552 g/mol. The summed E-state index contributed by atoms with van der Waals surface area (Å²) in [4.78, 5) is 4.25. The van der Waals surface area contributed by atoms with Crippen LogP contribution in [-0.4, -0.2) is 21.5 Å². The number of hydrogen-bond donors (Lipinski definition) is 0. The van der Waals surface area contributed by atoms with Gasteiger partial charge in [0.05, 0.1) is 5.57 Å².